The highest BCUT2D eigenvalue weighted by atomic mass is 35.5. The lowest BCUT2D eigenvalue weighted by molar-refractivity contribution is -0.141. The van der Waals surface area contributed by atoms with Gasteiger partial charge >= 0.3 is 6.18 Å². The zero-order valence-electron chi connectivity index (χ0n) is 26.4. The van der Waals surface area contributed by atoms with Crippen molar-refractivity contribution < 1.29 is 26.8 Å². The molecule has 46 heavy (non-hydrogen) atoms. The lowest BCUT2D eigenvalue weighted by atomic mass is 10.1. The van der Waals surface area contributed by atoms with Crippen LogP contribution in [0.1, 0.15) is 26.5 Å². The molecule has 1 fully saturated rings. The number of carbonyl (C=O) groups is 1. The fourth-order valence-corrected chi connectivity index (χ4v) is 5.58. The molecule has 3 heterocycles. The van der Waals surface area contributed by atoms with E-state index in [0.717, 1.165) is 44.9 Å². The molecule has 1 saturated heterocycles. The maximum Gasteiger partial charge on any atom is 0.437 e. The highest BCUT2D eigenvalue weighted by Gasteiger charge is 2.38. The van der Waals surface area contributed by atoms with E-state index in [1.807, 2.05) is 4.90 Å². The number of nitrogens with one attached hydrogen (secondary N) is 2. The standard InChI is InChI=1S/C31H38ClF4N7O2Si/c1-30(2,3)46(4,5)45-17-16-43-14-12-42(13-15-43)11-9-28(44)39-27-19-22(8-10-37-27)38-26-20-25(40-41-29(26)31(34,35)36)23-18-21(32)6-7-24(23)33/h6-11,18-20H,12-17H2,1-5H3,(H2,37,38,39,40,44). The van der Waals surface area contributed by atoms with Gasteiger partial charge in [0.1, 0.15) is 11.6 Å². The number of piperazine rings is 1. The first-order chi connectivity index (χ1) is 21.5. The second-order valence-electron chi connectivity index (χ2n) is 12.5. The van der Waals surface area contributed by atoms with Crippen molar-refractivity contribution in [2.75, 3.05) is 50.0 Å². The van der Waals surface area contributed by atoms with Crippen molar-refractivity contribution in [1.82, 2.24) is 25.0 Å². The van der Waals surface area contributed by atoms with Crippen LogP contribution in [0.3, 0.4) is 0 Å². The molecule has 0 bridgehead atoms. The van der Waals surface area contributed by atoms with Crippen LogP contribution in [0.2, 0.25) is 23.2 Å². The molecular formula is C31H38ClF4N7O2Si. The number of benzene rings is 1. The van der Waals surface area contributed by atoms with Crippen LogP contribution in [0.4, 0.5) is 34.8 Å². The second-order valence-corrected chi connectivity index (χ2v) is 17.7. The van der Waals surface area contributed by atoms with E-state index < -0.39 is 37.6 Å². The number of aromatic nitrogens is 3. The molecule has 2 aromatic heterocycles. The fourth-order valence-electron chi connectivity index (χ4n) is 4.38. The van der Waals surface area contributed by atoms with Crippen LogP contribution < -0.4 is 10.6 Å². The Balaban J connectivity index is 1.35. The fraction of sp³-hybridized carbons (Fsp3) is 0.419. The van der Waals surface area contributed by atoms with Crippen LogP contribution in [-0.2, 0) is 15.4 Å². The number of hydrogen-bond donors (Lipinski definition) is 2. The van der Waals surface area contributed by atoms with E-state index in [1.165, 1.54) is 36.5 Å². The molecule has 248 valence electrons. The summed E-state index contributed by atoms with van der Waals surface area (Å²) in [5.41, 5.74) is -1.84. The summed E-state index contributed by atoms with van der Waals surface area (Å²) in [6.45, 7) is 15.9. The van der Waals surface area contributed by atoms with Crippen LogP contribution in [0.15, 0.2) is 54.9 Å². The summed E-state index contributed by atoms with van der Waals surface area (Å²) in [5, 5.41) is 12.5. The second kappa shape index (κ2) is 14.4. The van der Waals surface area contributed by atoms with Gasteiger partial charge in [0.25, 0.3) is 5.91 Å². The molecule has 0 aliphatic carbocycles. The smallest absolute Gasteiger partial charge is 0.416 e. The molecule has 0 unspecified atom stereocenters. The van der Waals surface area contributed by atoms with Crippen molar-refractivity contribution in [2.45, 2.75) is 45.1 Å². The zero-order valence-corrected chi connectivity index (χ0v) is 28.1. The first-order valence-electron chi connectivity index (χ1n) is 14.7. The number of halogens is 5. The summed E-state index contributed by atoms with van der Waals surface area (Å²) in [4.78, 5) is 21.1. The van der Waals surface area contributed by atoms with E-state index >= 15 is 0 Å². The summed E-state index contributed by atoms with van der Waals surface area (Å²) >= 11 is 5.95. The Morgan fingerprint density at radius 3 is 2.46 bits per heavy atom. The Kier molecular flexibility index (Phi) is 11.1. The Morgan fingerprint density at radius 1 is 1.07 bits per heavy atom. The van der Waals surface area contributed by atoms with Crippen LogP contribution >= 0.6 is 11.6 Å². The summed E-state index contributed by atoms with van der Waals surface area (Å²) in [5.74, 6) is -1.06. The maximum atomic E-state index is 14.4. The van der Waals surface area contributed by atoms with Gasteiger partial charge in [-0.3, -0.25) is 9.69 Å². The molecule has 1 amide bonds. The maximum absolute atomic E-state index is 14.4. The van der Waals surface area contributed by atoms with Gasteiger partial charge in [0, 0.05) is 80.1 Å². The van der Waals surface area contributed by atoms with Gasteiger partial charge in [-0.1, -0.05) is 32.4 Å². The number of alkyl halides is 3. The molecule has 1 aliphatic rings. The van der Waals surface area contributed by atoms with E-state index in [4.69, 9.17) is 16.0 Å². The van der Waals surface area contributed by atoms with Gasteiger partial charge in [0.05, 0.1) is 11.4 Å². The quantitative estimate of drug-likeness (QED) is 0.132. The lowest BCUT2D eigenvalue weighted by Crippen LogP contribution is -2.47. The average molecular weight is 680 g/mol. The van der Waals surface area contributed by atoms with E-state index in [-0.39, 0.29) is 32.8 Å². The Hall–Kier alpha value is -3.59. The third kappa shape index (κ3) is 9.47. The molecule has 15 heteroatoms. The zero-order chi connectivity index (χ0) is 33.7. The summed E-state index contributed by atoms with van der Waals surface area (Å²) in [7, 11) is -1.78. The molecule has 2 N–H and O–H groups in total. The van der Waals surface area contributed by atoms with E-state index in [2.05, 4.69) is 64.6 Å². The number of nitrogens with zero attached hydrogens (tertiary/aromatic N) is 5. The van der Waals surface area contributed by atoms with Gasteiger partial charge in [0.2, 0.25) is 0 Å². The highest BCUT2D eigenvalue weighted by Crippen LogP contribution is 2.37. The Bertz CT molecular complexity index is 1560. The average Bonchev–Trinajstić information content (AvgIpc) is 2.97. The molecular weight excluding hydrogens is 642 g/mol. The van der Waals surface area contributed by atoms with Crippen LogP contribution in [0.25, 0.3) is 11.3 Å². The van der Waals surface area contributed by atoms with E-state index in [1.54, 1.807) is 6.20 Å². The third-order valence-corrected chi connectivity index (χ3v) is 12.9. The summed E-state index contributed by atoms with van der Waals surface area (Å²) < 4.78 is 61.9. The predicted molar refractivity (Wildman–Crippen MR) is 174 cm³/mol. The van der Waals surface area contributed by atoms with Crippen molar-refractivity contribution in [3.63, 3.8) is 0 Å². The van der Waals surface area contributed by atoms with Gasteiger partial charge in [-0.05, 0) is 48.5 Å². The molecule has 3 aromatic rings. The van der Waals surface area contributed by atoms with Crippen molar-refractivity contribution >= 4 is 43.0 Å². The topological polar surface area (TPSA) is 95.5 Å². The first-order valence-corrected chi connectivity index (χ1v) is 18.0. The third-order valence-electron chi connectivity index (χ3n) is 8.08. The first kappa shape index (κ1) is 35.3. The number of amides is 1. The number of rotatable bonds is 10. The Morgan fingerprint density at radius 2 is 1.78 bits per heavy atom. The van der Waals surface area contributed by atoms with Gasteiger partial charge in [0.15, 0.2) is 14.0 Å². The van der Waals surface area contributed by atoms with Crippen LogP contribution in [-0.4, -0.2) is 78.5 Å². The molecule has 1 aliphatic heterocycles. The van der Waals surface area contributed by atoms with E-state index in [0.29, 0.717) is 6.61 Å². The monoisotopic (exact) mass is 679 g/mol. The minimum Gasteiger partial charge on any atom is -0.416 e. The lowest BCUT2D eigenvalue weighted by Gasteiger charge is -2.38. The van der Waals surface area contributed by atoms with Crippen molar-refractivity contribution in [3.8, 4) is 11.3 Å². The van der Waals surface area contributed by atoms with Crippen LogP contribution in [0, 0.1) is 5.82 Å². The number of hydrogen-bond acceptors (Lipinski definition) is 8. The predicted octanol–water partition coefficient (Wildman–Crippen LogP) is 7.19. The molecule has 1 aromatic carbocycles. The largest absolute Gasteiger partial charge is 0.437 e. The Labute approximate surface area is 272 Å². The van der Waals surface area contributed by atoms with Crippen molar-refractivity contribution in [2.24, 2.45) is 0 Å². The highest BCUT2D eigenvalue weighted by molar-refractivity contribution is 6.74. The van der Waals surface area contributed by atoms with Crippen molar-refractivity contribution in [3.05, 3.63) is 71.4 Å². The van der Waals surface area contributed by atoms with E-state index in [9.17, 15) is 22.4 Å². The summed E-state index contributed by atoms with van der Waals surface area (Å²) in [6.07, 6.45) is -0.414. The normalized spacial score (nSPS) is 15.0. The molecule has 0 atom stereocenters. The molecule has 0 spiro atoms. The number of carbonyl (C=O) groups excluding carboxylic acids is 1. The minimum atomic E-state index is -4.85. The minimum absolute atomic E-state index is 0.108. The van der Waals surface area contributed by atoms with Gasteiger partial charge in [-0.15, -0.1) is 10.2 Å². The summed E-state index contributed by atoms with van der Waals surface area (Å²) in [6, 6.07) is 7.47. The molecule has 0 saturated carbocycles. The van der Waals surface area contributed by atoms with Gasteiger partial charge in [-0.2, -0.15) is 13.2 Å². The number of anilines is 3. The van der Waals surface area contributed by atoms with Gasteiger partial charge in [-0.25, -0.2) is 9.37 Å². The molecule has 9 nitrogen and oxygen atoms in total. The van der Waals surface area contributed by atoms with Crippen LogP contribution in [0.5, 0.6) is 0 Å². The van der Waals surface area contributed by atoms with Crippen molar-refractivity contribution in [1.29, 1.82) is 0 Å². The number of pyridine rings is 1. The molecule has 4 rings (SSSR count). The molecule has 0 radical (unpaired) electrons. The SMILES string of the molecule is CC(C)(C)[Si](C)(C)OCCN1CCN(C=CC(=O)Nc2cc(Nc3cc(-c4cc(Cl)ccc4F)nnc3C(F)(F)F)ccn2)CC1. The van der Waals surface area contributed by atoms with Gasteiger partial charge < -0.3 is 20.0 Å².